The Balaban J connectivity index is 3.24. The molecule has 0 saturated carbocycles. The summed E-state index contributed by atoms with van der Waals surface area (Å²) in [6.07, 6.45) is 8.37. The van der Waals surface area contributed by atoms with Crippen LogP contribution in [0.25, 0.3) is 0 Å². The number of carbonyl (C=O) groups excluding carboxylic acids is 2. The van der Waals surface area contributed by atoms with Gasteiger partial charge in [0.2, 0.25) is 0 Å². The summed E-state index contributed by atoms with van der Waals surface area (Å²) >= 11 is 0. The monoisotopic (exact) mass is 226 g/mol. The third-order valence-corrected chi connectivity index (χ3v) is 2.96. The Kier molecular flexibility index (Phi) is 9.16. The molecule has 0 radical (unpaired) electrons. The fourth-order valence-corrected chi connectivity index (χ4v) is 1.81. The van der Waals surface area contributed by atoms with Crippen LogP contribution in [0.1, 0.15) is 72.1 Å². The summed E-state index contributed by atoms with van der Waals surface area (Å²) < 4.78 is 0. The van der Waals surface area contributed by atoms with Crippen LogP contribution in [0.2, 0.25) is 0 Å². The molecule has 0 fully saturated rings. The quantitative estimate of drug-likeness (QED) is 0.529. The van der Waals surface area contributed by atoms with Crippen LogP contribution in [0.4, 0.5) is 0 Å². The van der Waals surface area contributed by atoms with Crippen molar-refractivity contribution in [2.75, 3.05) is 0 Å². The Morgan fingerprint density at radius 3 is 1.94 bits per heavy atom. The molecule has 0 N–H and O–H groups in total. The van der Waals surface area contributed by atoms with Crippen molar-refractivity contribution in [3.05, 3.63) is 0 Å². The molecule has 0 aliphatic rings. The van der Waals surface area contributed by atoms with Gasteiger partial charge in [-0.1, -0.05) is 32.6 Å². The normalized spacial score (nSPS) is 12.4. The molecule has 0 aliphatic carbocycles. The van der Waals surface area contributed by atoms with Gasteiger partial charge in [-0.3, -0.25) is 0 Å². The fourth-order valence-electron chi connectivity index (χ4n) is 1.81. The average Bonchev–Trinajstić information content (AvgIpc) is 2.19. The first-order chi connectivity index (χ1) is 7.52. The molecule has 0 rings (SSSR count). The number of Topliss-reactive ketones (excluding diaryl/α,β-unsaturated/α-hetero) is 2. The van der Waals surface area contributed by atoms with Gasteiger partial charge in [-0.15, -0.1) is 0 Å². The summed E-state index contributed by atoms with van der Waals surface area (Å²) in [5.41, 5.74) is 0. The lowest BCUT2D eigenvalue weighted by molar-refractivity contribution is -0.118. The zero-order valence-corrected chi connectivity index (χ0v) is 11.1. The van der Waals surface area contributed by atoms with Gasteiger partial charge >= 0.3 is 0 Å². The van der Waals surface area contributed by atoms with Gasteiger partial charge in [0.05, 0.1) is 0 Å². The summed E-state index contributed by atoms with van der Waals surface area (Å²) in [4.78, 5) is 21.5. The average molecular weight is 226 g/mol. The van der Waals surface area contributed by atoms with E-state index in [0.29, 0.717) is 17.5 Å². The highest BCUT2D eigenvalue weighted by atomic mass is 16.1. The van der Waals surface area contributed by atoms with Crippen molar-refractivity contribution in [1.82, 2.24) is 0 Å². The Morgan fingerprint density at radius 2 is 1.38 bits per heavy atom. The third kappa shape index (κ3) is 11.4. The van der Waals surface area contributed by atoms with Gasteiger partial charge in [-0.2, -0.15) is 0 Å². The zero-order chi connectivity index (χ0) is 12.4. The maximum Gasteiger partial charge on any atom is 0.129 e. The first-order valence-corrected chi connectivity index (χ1v) is 6.51. The van der Waals surface area contributed by atoms with Crippen LogP contribution in [0, 0.1) is 5.92 Å². The fraction of sp³-hybridized carbons (Fsp3) is 0.857. The SMILES string of the molecule is CC(=O)CCCCCCC(C)CCC(C)=O. The molecule has 0 aromatic heterocycles. The van der Waals surface area contributed by atoms with Gasteiger partial charge in [0.25, 0.3) is 0 Å². The minimum absolute atomic E-state index is 0.299. The van der Waals surface area contributed by atoms with E-state index in [-0.39, 0.29) is 0 Å². The van der Waals surface area contributed by atoms with E-state index in [4.69, 9.17) is 0 Å². The van der Waals surface area contributed by atoms with Crippen LogP contribution >= 0.6 is 0 Å². The highest BCUT2D eigenvalue weighted by Crippen LogP contribution is 2.15. The van der Waals surface area contributed by atoms with E-state index >= 15 is 0 Å². The van der Waals surface area contributed by atoms with Crippen molar-refractivity contribution in [1.29, 1.82) is 0 Å². The third-order valence-electron chi connectivity index (χ3n) is 2.96. The van der Waals surface area contributed by atoms with E-state index in [1.807, 2.05) is 0 Å². The van der Waals surface area contributed by atoms with Crippen molar-refractivity contribution < 1.29 is 9.59 Å². The molecule has 0 aromatic rings. The first kappa shape index (κ1) is 15.3. The van der Waals surface area contributed by atoms with Crippen molar-refractivity contribution in [3.8, 4) is 0 Å². The predicted octanol–water partition coefficient (Wildman–Crippen LogP) is 3.92. The number of hydrogen-bond acceptors (Lipinski definition) is 2. The smallest absolute Gasteiger partial charge is 0.129 e. The van der Waals surface area contributed by atoms with Crippen LogP contribution in [-0.2, 0) is 9.59 Å². The molecule has 0 amide bonds. The standard InChI is InChI=1S/C14H26O2/c1-12(10-11-14(3)16)8-6-4-5-7-9-13(2)15/h12H,4-11H2,1-3H3. The van der Waals surface area contributed by atoms with Crippen molar-refractivity contribution in [3.63, 3.8) is 0 Å². The minimum Gasteiger partial charge on any atom is -0.300 e. The molecule has 1 atom stereocenters. The van der Waals surface area contributed by atoms with E-state index in [1.54, 1.807) is 13.8 Å². The van der Waals surface area contributed by atoms with Gasteiger partial charge < -0.3 is 9.59 Å². The van der Waals surface area contributed by atoms with E-state index in [0.717, 1.165) is 25.7 Å². The molecule has 0 aliphatic heterocycles. The molecule has 0 aromatic carbocycles. The maximum absolute atomic E-state index is 10.8. The Morgan fingerprint density at radius 1 is 0.812 bits per heavy atom. The van der Waals surface area contributed by atoms with Crippen LogP contribution in [0.15, 0.2) is 0 Å². The van der Waals surface area contributed by atoms with Crippen LogP contribution < -0.4 is 0 Å². The Labute approximate surface area is 99.8 Å². The van der Waals surface area contributed by atoms with Crippen LogP contribution in [-0.4, -0.2) is 11.6 Å². The lowest BCUT2D eigenvalue weighted by atomic mass is 9.97. The summed E-state index contributed by atoms with van der Waals surface area (Å²) in [7, 11) is 0. The molecule has 94 valence electrons. The topological polar surface area (TPSA) is 34.1 Å². The van der Waals surface area contributed by atoms with Gasteiger partial charge in [0, 0.05) is 12.8 Å². The first-order valence-electron chi connectivity index (χ1n) is 6.51. The highest BCUT2D eigenvalue weighted by Gasteiger charge is 2.03. The van der Waals surface area contributed by atoms with E-state index in [2.05, 4.69) is 6.92 Å². The molecule has 1 unspecified atom stereocenters. The molecule has 0 heterocycles. The molecular weight excluding hydrogens is 200 g/mol. The van der Waals surface area contributed by atoms with Gasteiger partial charge in [0.1, 0.15) is 11.6 Å². The summed E-state index contributed by atoms with van der Waals surface area (Å²) in [5, 5.41) is 0. The van der Waals surface area contributed by atoms with Gasteiger partial charge in [-0.05, 0) is 32.6 Å². The number of ketones is 2. The lowest BCUT2D eigenvalue weighted by Crippen LogP contribution is -1.99. The summed E-state index contributed by atoms with van der Waals surface area (Å²) in [6.45, 7) is 5.54. The number of carbonyl (C=O) groups is 2. The number of rotatable bonds is 10. The second-order valence-corrected chi connectivity index (χ2v) is 5.00. The van der Waals surface area contributed by atoms with Crippen molar-refractivity contribution in [2.45, 2.75) is 72.1 Å². The second kappa shape index (κ2) is 9.56. The van der Waals surface area contributed by atoms with Gasteiger partial charge in [-0.25, -0.2) is 0 Å². The van der Waals surface area contributed by atoms with Crippen molar-refractivity contribution in [2.24, 2.45) is 5.92 Å². The largest absolute Gasteiger partial charge is 0.300 e. The summed E-state index contributed by atoms with van der Waals surface area (Å²) in [6, 6.07) is 0. The van der Waals surface area contributed by atoms with Crippen LogP contribution in [0.5, 0.6) is 0 Å². The molecule has 16 heavy (non-hydrogen) atoms. The number of hydrogen-bond donors (Lipinski definition) is 0. The Bertz CT molecular complexity index is 209. The zero-order valence-electron chi connectivity index (χ0n) is 11.1. The summed E-state index contributed by atoms with van der Waals surface area (Å²) in [5.74, 6) is 1.26. The second-order valence-electron chi connectivity index (χ2n) is 5.00. The van der Waals surface area contributed by atoms with E-state index in [1.165, 1.54) is 25.7 Å². The maximum atomic E-state index is 10.8. The van der Waals surface area contributed by atoms with Crippen LogP contribution in [0.3, 0.4) is 0 Å². The van der Waals surface area contributed by atoms with Gasteiger partial charge in [0.15, 0.2) is 0 Å². The lowest BCUT2D eigenvalue weighted by Gasteiger charge is -2.09. The molecule has 2 nitrogen and oxygen atoms in total. The molecule has 0 bridgehead atoms. The Hall–Kier alpha value is -0.660. The van der Waals surface area contributed by atoms with Crippen molar-refractivity contribution >= 4 is 11.6 Å². The molecule has 0 spiro atoms. The molecular formula is C14H26O2. The molecule has 2 heteroatoms. The highest BCUT2D eigenvalue weighted by molar-refractivity contribution is 5.75. The molecule has 0 saturated heterocycles. The number of unbranched alkanes of at least 4 members (excludes halogenated alkanes) is 3. The van der Waals surface area contributed by atoms with E-state index in [9.17, 15) is 9.59 Å². The minimum atomic E-state index is 0.299. The predicted molar refractivity (Wildman–Crippen MR) is 67.5 cm³/mol. The van der Waals surface area contributed by atoms with E-state index < -0.39 is 0 Å².